The standard InChI is InChI=1S/C27H18F2N2O2/c28-22-15-12-20(16-23(22)29)27(32)33-21-13-10-19(11-14-21)26-30-24-8-4-5-9-25(24)31(26)17-18-6-2-1-3-7-18/h1-16H,17H2. The van der Waals surface area contributed by atoms with Gasteiger partial charge in [0, 0.05) is 12.1 Å². The molecule has 162 valence electrons. The van der Waals surface area contributed by atoms with Gasteiger partial charge in [0.2, 0.25) is 0 Å². The Bertz CT molecular complexity index is 1440. The number of hydrogen-bond donors (Lipinski definition) is 0. The summed E-state index contributed by atoms with van der Waals surface area (Å²) in [5, 5.41) is 0. The summed E-state index contributed by atoms with van der Waals surface area (Å²) in [7, 11) is 0. The van der Waals surface area contributed by atoms with Crippen LogP contribution in [0.5, 0.6) is 5.75 Å². The molecule has 4 nitrogen and oxygen atoms in total. The van der Waals surface area contributed by atoms with Crippen LogP contribution in [0.25, 0.3) is 22.4 Å². The van der Waals surface area contributed by atoms with E-state index in [9.17, 15) is 13.6 Å². The van der Waals surface area contributed by atoms with Crippen molar-refractivity contribution in [3.05, 3.63) is 120 Å². The van der Waals surface area contributed by atoms with E-state index in [0.29, 0.717) is 12.3 Å². The summed E-state index contributed by atoms with van der Waals surface area (Å²) in [6.07, 6.45) is 0. The van der Waals surface area contributed by atoms with Gasteiger partial charge in [-0.05, 0) is 60.2 Å². The zero-order chi connectivity index (χ0) is 22.8. The Morgan fingerprint density at radius 1 is 0.818 bits per heavy atom. The smallest absolute Gasteiger partial charge is 0.343 e. The van der Waals surface area contributed by atoms with Gasteiger partial charge in [-0.1, -0.05) is 42.5 Å². The molecule has 5 rings (SSSR count). The first-order valence-electron chi connectivity index (χ1n) is 10.4. The number of fused-ring (bicyclic) bond motifs is 1. The number of hydrogen-bond acceptors (Lipinski definition) is 3. The Kier molecular flexibility index (Phi) is 5.40. The fourth-order valence-corrected chi connectivity index (χ4v) is 3.68. The predicted molar refractivity (Wildman–Crippen MR) is 122 cm³/mol. The summed E-state index contributed by atoms with van der Waals surface area (Å²) >= 11 is 0. The Labute approximate surface area is 188 Å². The summed E-state index contributed by atoms with van der Waals surface area (Å²) in [5.41, 5.74) is 3.85. The maximum atomic E-state index is 13.4. The van der Waals surface area contributed by atoms with Crippen LogP contribution in [0.15, 0.2) is 97.1 Å². The maximum Gasteiger partial charge on any atom is 0.343 e. The monoisotopic (exact) mass is 440 g/mol. The minimum absolute atomic E-state index is 0.0670. The number of carbonyl (C=O) groups excluding carboxylic acids is 1. The van der Waals surface area contributed by atoms with Gasteiger partial charge in [0.05, 0.1) is 16.6 Å². The van der Waals surface area contributed by atoms with Crippen molar-refractivity contribution in [2.45, 2.75) is 6.54 Å². The number of imidazole rings is 1. The van der Waals surface area contributed by atoms with Crippen molar-refractivity contribution in [2.75, 3.05) is 0 Å². The summed E-state index contributed by atoms with van der Waals surface area (Å²) in [4.78, 5) is 17.1. The summed E-state index contributed by atoms with van der Waals surface area (Å²) in [6.45, 7) is 0.656. The summed E-state index contributed by atoms with van der Waals surface area (Å²) in [5.74, 6) is -1.80. The number of nitrogens with zero attached hydrogens (tertiary/aromatic N) is 2. The molecular formula is C27H18F2N2O2. The van der Waals surface area contributed by atoms with Gasteiger partial charge in [-0.25, -0.2) is 18.6 Å². The average Bonchev–Trinajstić information content (AvgIpc) is 3.20. The molecule has 0 N–H and O–H groups in total. The van der Waals surface area contributed by atoms with Crippen molar-refractivity contribution >= 4 is 17.0 Å². The predicted octanol–water partition coefficient (Wildman–Crippen LogP) is 6.25. The van der Waals surface area contributed by atoms with Gasteiger partial charge in [0.15, 0.2) is 11.6 Å². The number of rotatable bonds is 5. The third kappa shape index (κ3) is 4.23. The molecule has 0 saturated carbocycles. The Morgan fingerprint density at radius 2 is 1.55 bits per heavy atom. The quantitative estimate of drug-likeness (QED) is 0.240. The Balaban J connectivity index is 1.44. The number of ether oxygens (including phenoxy) is 1. The van der Waals surface area contributed by atoms with E-state index >= 15 is 0 Å². The zero-order valence-electron chi connectivity index (χ0n) is 17.4. The molecule has 0 unspecified atom stereocenters. The van der Waals surface area contributed by atoms with E-state index in [2.05, 4.69) is 16.7 Å². The van der Waals surface area contributed by atoms with E-state index < -0.39 is 17.6 Å². The molecule has 4 aromatic carbocycles. The molecule has 0 amide bonds. The Hall–Kier alpha value is -4.32. The molecule has 0 aliphatic carbocycles. The normalized spacial score (nSPS) is 11.0. The van der Waals surface area contributed by atoms with E-state index in [1.54, 1.807) is 12.1 Å². The molecule has 0 saturated heterocycles. The second kappa shape index (κ2) is 8.67. The van der Waals surface area contributed by atoms with Crippen LogP contribution in [0.4, 0.5) is 8.78 Å². The van der Waals surface area contributed by atoms with Gasteiger partial charge in [0.25, 0.3) is 0 Å². The molecule has 1 heterocycles. The molecule has 33 heavy (non-hydrogen) atoms. The molecule has 6 heteroatoms. The highest BCUT2D eigenvalue weighted by atomic mass is 19.2. The molecule has 0 aliphatic heterocycles. The van der Waals surface area contributed by atoms with Crippen molar-refractivity contribution in [1.29, 1.82) is 0 Å². The van der Waals surface area contributed by atoms with Crippen LogP contribution in [0.1, 0.15) is 15.9 Å². The summed E-state index contributed by atoms with van der Waals surface area (Å²) < 4.78 is 34.0. The average molecular weight is 440 g/mol. The molecule has 0 bridgehead atoms. The van der Waals surface area contributed by atoms with Crippen molar-refractivity contribution in [2.24, 2.45) is 0 Å². The first kappa shape index (κ1) is 20.6. The van der Waals surface area contributed by atoms with Crippen LogP contribution in [-0.4, -0.2) is 15.5 Å². The number of halogens is 2. The van der Waals surface area contributed by atoms with Crippen molar-refractivity contribution in [1.82, 2.24) is 9.55 Å². The fraction of sp³-hybridized carbons (Fsp3) is 0.0370. The highest BCUT2D eigenvalue weighted by Gasteiger charge is 2.15. The third-order valence-electron chi connectivity index (χ3n) is 5.32. The molecule has 0 spiro atoms. The number of carbonyl (C=O) groups is 1. The molecular weight excluding hydrogens is 422 g/mol. The molecule has 0 aliphatic rings. The van der Waals surface area contributed by atoms with Crippen LogP contribution in [-0.2, 0) is 6.54 Å². The first-order valence-corrected chi connectivity index (χ1v) is 10.4. The van der Waals surface area contributed by atoms with Gasteiger partial charge >= 0.3 is 5.97 Å². The lowest BCUT2D eigenvalue weighted by Crippen LogP contribution is -2.09. The number of benzene rings is 4. The molecule has 0 fully saturated rings. The van der Waals surface area contributed by atoms with E-state index in [1.807, 2.05) is 54.6 Å². The van der Waals surface area contributed by atoms with Gasteiger partial charge < -0.3 is 9.30 Å². The fourth-order valence-electron chi connectivity index (χ4n) is 3.68. The first-order chi connectivity index (χ1) is 16.1. The number of aromatic nitrogens is 2. The van der Waals surface area contributed by atoms with Crippen LogP contribution in [0.2, 0.25) is 0 Å². The van der Waals surface area contributed by atoms with Crippen LogP contribution in [0.3, 0.4) is 0 Å². The minimum Gasteiger partial charge on any atom is -0.423 e. The van der Waals surface area contributed by atoms with Crippen molar-refractivity contribution in [3.63, 3.8) is 0 Å². The zero-order valence-corrected chi connectivity index (χ0v) is 17.4. The second-order valence-corrected chi connectivity index (χ2v) is 7.54. The van der Waals surface area contributed by atoms with Gasteiger partial charge in [-0.15, -0.1) is 0 Å². The maximum absolute atomic E-state index is 13.4. The SMILES string of the molecule is O=C(Oc1ccc(-c2nc3ccccc3n2Cc2ccccc2)cc1)c1ccc(F)c(F)c1. The summed E-state index contributed by atoms with van der Waals surface area (Å²) in [6, 6.07) is 27.9. The lowest BCUT2D eigenvalue weighted by Gasteiger charge is -2.10. The Morgan fingerprint density at radius 3 is 2.30 bits per heavy atom. The van der Waals surface area contributed by atoms with E-state index in [4.69, 9.17) is 9.72 Å². The lowest BCUT2D eigenvalue weighted by molar-refractivity contribution is 0.0734. The third-order valence-corrected chi connectivity index (χ3v) is 5.32. The van der Waals surface area contributed by atoms with Gasteiger partial charge in [0.1, 0.15) is 11.6 Å². The highest BCUT2D eigenvalue weighted by Crippen LogP contribution is 2.27. The van der Waals surface area contributed by atoms with E-state index in [0.717, 1.165) is 40.1 Å². The van der Waals surface area contributed by atoms with Gasteiger partial charge in [-0.2, -0.15) is 0 Å². The molecule has 5 aromatic rings. The van der Waals surface area contributed by atoms with Crippen molar-refractivity contribution < 1.29 is 18.3 Å². The van der Waals surface area contributed by atoms with E-state index in [-0.39, 0.29) is 5.56 Å². The largest absolute Gasteiger partial charge is 0.423 e. The molecule has 0 atom stereocenters. The molecule has 1 aromatic heterocycles. The van der Waals surface area contributed by atoms with E-state index in [1.165, 1.54) is 6.07 Å². The molecule has 0 radical (unpaired) electrons. The number of para-hydroxylation sites is 2. The minimum atomic E-state index is -1.10. The lowest BCUT2D eigenvalue weighted by atomic mass is 10.2. The topological polar surface area (TPSA) is 44.1 Å². The van der Waals surface area contributed by atoms with Crippen LogP contribution in [0, 0.1) is 11.6 Å². The van der Waals surface area contributed by atoms with Crippen LogP contribution >= 0.6 is 0 Å². The van der Waals surface area contributed by atoms with Crippen LogP contribution < -0.4 is 4.74 Å². The second-order valence-electron chi connectivity index (χ2n) is 7.54. The highest BCUT2D eigenvalue weighted by molar-refractivity contribution is 5.91. The van der Waals surface area contributed by atoms with Gasteiger partial charge in [-0.3, -0.25) is 0 Å². The number of esters is 1. The van der Waals surface area contributed by atoms with Crippen molar-refractivity contribution in [3.8, 4) is 17.1 Å².